The van der Waals surface area contributed by atoms with Gasteiger partial charge < -0.3 is 5.11 Å². The standard InChI is InChI=1S/C13H16N2O4S/c1-3-8-7(2)20-11-10(8)12(18)15(13(19)14-11)6-4-5-9(16)17/h3-6H2,1-2H3,(H,14,19)(H,16,17). The van der Waals surface area contributed by atoms with E-state index in [0.29, 0.717) is 10.2 Å². The van der Waals surface area contributed by atoms with E-state index in [1.54, 1.807) is 0 Å². The Balaban J connectivity index is 2.53. The van der Waals surface area contributed by atoms with Crippen LogP contribution in [0, 0.1) is 6.92 Å². The van der Waals surface area contributed by atoms with Crippen LogP contribution in [0.15, 0.2) is 9.59 Å². The molecule has 6 nitrogen and oxygen atoms in total. The molecule has 2 heterocycles. The molecular weight excluding hydrogens is 280 g/mol. The Morgan fingerprint density at radius 1 is 1.40 bits per heavy atom. The average Bonchev–Trinajstić information content (AvgIpc) is 2.68. The molecule has 0 fully saturated rings. The van der Waals surface area contributed by atoms with Gasteiger partial charge in [-0.2, -0.15) is 0 Å². The van der Waals surface area contributed by atoms with Crippen LogP contribution in [-0.2, 0) is 17.8 Å². The number of H-pyrrole nitrogens is 1. The molecule has 0 bridgehead atoms. The zero-order valence-corrected chi connectivity index (χ0v) is 12.2. The average molecular weight is 296 g/mol. The summed E-state index contributed by atoms with van der Waals surface area (Å²) in [7, 11) is 0. The van der Waals surface area contributed by atoms with Crippen molar-refractivity contribution >= 4 is 27.5 Å². The molecule has 2 rings (SSSR count). The van der Waals surface area contributed by atoms with Gasteiger partial charge in [0, 0.05) is 17.8 Å². The number of aryl methyl sites for hydroxylation is 2. The largest absolute Gasteiger partial charge is 0.481 e. The van der Waals surface area contributed by atoms with Crippen molar-refractivity contribution in [3.63, 3.8) is 0 Å². The second-order valence-electron chi connectivity index (χ2n) is 4.58. The number of carboxylic acid groups (broad SMARTS) is 1. The van der Waals surface area contributed by atoms with Crippen LogP contribution in [-0.4, -0.2) is 20.6 Å². The quantitative estimate of drug-likeness (QED) is 0.874. The van der Waals surface area contributed by atoms with E-state index in [2.05, 4.69) is 4.98 Å². The molecule has 0 atom stereocenters. The molecule has 2 aromatic rings. The van der Waals surface area contributed by atoms with Crippen molar-refractivity contribution in [3.05, 3.63) is 31.3 Å². The number of nitrogens with zero attached hydrogens (tertiary/aromatic N) is 1. The first-order chi connectivity index (χ1) is 9.45. The van der Waals surface area contributed by atoms with Crippen molar-refractivity contribution < 1.29 is 9.90 Å². The number of aromatic nitrogens is 2. The van der Waals surface area contributed by atoms with Gasteiger partial charge in [-0.25, -0.2) is 4.79 Å². The van der Waals surface area contributed by atoms with Crippen LogP contribution in [0.2, 0.25) is 0 Å². The number of carbonyl (C=O) groups is 1. The third-order valence-electron chi connectivity index (χ3n) is 3.26. The van der Waals surface area contributed by atoms with Crippen LogP contribution in [0.4, 0.5) is 0 Å². The van der Waals surface area contributed by atoms with Crippen LogP contribution in [0.5, 0.6) is 0 Å². The number of aromatic amines is 1. The molecule has 0 radical (unpaired) electrons. The van der Waals surface area contributed by atoms with Crippen molar-refractivity contribution in [2.24, 2.45) is 0 Å². The molecule has 0 saturated heterocycles. The predicted octanol–water partition coefficient (Wildman–Crippen LogP) is 1.49. The highest BCUT2D eigenvalue weighted by Crippen LogP contribution is 2.26. The number of hydrogen-bond donors (Lipinski definition) is 2. The SMILES string of the molecule is CCc1c(C)sc2[nH]c(=O)n(CCCC(=O)O)c(=O)c12. The molecule has 0 spiro atoms. The molecule has 2 aromatic heterocycles. The lowest BCUT2D eigenvalue weighted by molar-refractivity contribution is -0.137. The monoisotopic (exact) mass is 296 g/mol. The van der Waals surface area contributed by atoms with Crippen LogP contribution in [0.1, 0.15) is 30.2 Å². The van der Waals surface area contributed by atoms with E-state index in [1.165, 1.54) is 11.3 Å². The molecule has 0 unspecified atom stereocenters. The Kier molecular flexibility index (Phi) is 4.08. The van der Waals surface area contributed by atoms with Gasteiger partial charge >= 0.3 is 11.7 Å². The zero-order chi connectivity index (χ0) is 14.9. The fourth-order valence-electron chi connectivity index (χ4n) is 2.30. The molecule has 0 aliphatic rings. The smallest absolute Gasteiger partial charge is 0.329 e. The van der Waals surface area contributed by atoms with E-state index < -0.39 is 11.7 Å². The van der Waals surface area contributed by atoms with Crippen molar-refractivity contribution in [2.45, 2.75) is 39.7 Å². The first-order valence-corrected chi connectivity index (χ1v) is 7.24. The van der Waals surface area contributed by atoms with Crippen LogP contribution in [0.25, 0.3) is 10.2 Å². The van der Waals surface area contributed by atoms with Crippen molar-refractivity contribution in [1.82, 2.24) is 9.55 Å². The number of carboxylic acids is 1. The highest BCUT2D eigenvalue weighted by atomic mass is 32.1. The van der Waals surface area contributed by atoms with E-state index in [4.69, 9.17) is 5.11 Å². The lowest BCUT2D eigenvalue weighted by Gasteiger charge is -2.04. The van der Waals surface area contributed by atoms with E-state index in [0.717, 1.165) is 21.4 Å². The summed E-state index contributed by atoms with van der Waals surface area (Å²) in [5, 5.41) is 9.18. The molecule has 0 saturated carbocycles. The summed E-state index contributed by atoms with van der Waals surface area (Å²) in [6, 6.07) is 0. The fourth-order valence-corrected chi connectivity index (χ4v) is 3.43. The van der Waals surface area contributed by atoms with E-state index in [-0.39, 0.29) is 24.9 Å². The number of fused-ring (bicyclic) bond motifs is 1. The molecule has 0 aliphatic carbocycles. The topological polar surface area (TPSA) is 92.2 Å². The summed E-state index contributed by atoms with van der Waals surface area (Å²) < 4.78 is 1.09. The predicted molar refractivity (Wildman–Crippen MR) is 77.7 cm³/mol. The van der Waals surface area contributed by atoms with Gasteiger partial charge in [0.15, 0.2) is 0 Å². The molecule has 7 heteroatoms. The van der Waals surface area contributed by atoms with Gasteiger partial charge in [0.05, 0.1) is 5.39 Å². The van der Waals surface area contributed by atoms with E-state index in [9.17, 15) is 14.4 Å². The van der Waals surface area contributed by atoms with Crippen LogP contribution >= 0.6 is 11.3 Å². The maximum atomic E-state index is 12.4. The molecule has 0 amide bonds. The van der Waals surface area contributed by atoms with Crippen molar-refractivity contribution in [1.29, 1.82) is 0 Å². The third-order valence-corrected chi connectivity index (χ3v) is 4.32. The highest BCUT2D eigenvalue weighted by molar-refractivity contribution is 7.18. The van der Waals surface area contributed by atoms with Gasteiger partial charge in [-0.3, -0.25) is 19.1 Å². The Morgan fingerprint density at radius 3 is 2.70 bits per heavy atom. The van der Waals surface area contributed by atoms with E-state index in [1.807, 2.05) is 13.8 Å². The van der Waals surface area contributed by atoms with Gasteiger partial charge in [0.25, 0.3) is 5.56 Å². The number of hydrogen-bond acceptors (Lipinski definition) is 4. The molecular formula is C13H16N2O4S. The maximum Gasteiger partial charge on any atom is 0.329 e. The minimum atomic E-state index is -0.934. The molecule has 0 aromatic carbocycles. The normalized spacial score (nSPS) is 11.1. The van der Waals surface area contributed by atoms with Gasteiger partial charge in [-0.15, -0.1) is 11.3 Å². The molecule has 20 heavy (non-hydrogen) atoms. The fraction of sp³-hybridized carbons (Fsp3) is 0.462. The summed E-state index contributed by atoms with van der Waals surface area (Å²) >= 11 is 1.41. The Morgan fingerprint density at radius 2 is 2.10 bits per heavy atom. The zero-order valence-electron chi connectivity index (χ0n) is 11.4. The number of nitrogens with one attached hydrogen (secondary N) is 1. The first kappa shape index (κ1) is 14.5. The second kappa shape index (κ2) is 5.62. The van der Waals surface area contributed by atoms with Crippen LogP contribution < -0.4 is 11.2 Å². The minimum absolute atomic E-state index is 0.0623. The number of rotatable bonds is 5. The summed E-state index contributed by atoms with van der Waals surface area (Å²) in [6.45, 7) is 4.01. The Labute approximate surface area is 118 Å². The third kappa shape index (κ3) is 2.53. The number of thiophene rings is 1. The maximum absolute atomic E-state index is 12.4. The Hall–Kier alpha value is -1.89. The van der Waals surface area contributed by atoms with Gasteiger partial charge in [-0.05, 0) is 25.3 Å². The summed E-state index contributed by atoms with van der Waals surface area (Å²) in [6.07, 6.45) is 0.921. The summed E-state index contributed by atoms with van der Waals surface area (Å²) in [5.41, 5.74) is 0.158. The summed E-state index contributed by atoms with van der Waals surface area (Å²) in [5.74, 6) is -0.934. The second-order valence-corrected chi connectivity index (χ2v) is 5.80. The van der Waals surface area contributed by atoms with Gasteiger partial charge in [-0.1, -0.05) is 6.92 Å². The van der Waals surface area contributed by atoms with Crippen molar-refractivity contribution in [3.8, 4) is 0 Å². The minimum Gasteiger partial charge on any atom is -0.481 e. The van der Waals surface area contributed by atoms with Crippen molar-refractivity contribution in [2.75, 3.05) is 0 Å². The molecule has 0 aliphatic heterocycles. The molecule has 2 N–H and O–H groups in total. The summed E-state index contributed by atoms with van der Waals surface area (Å²) in [4.78, 5) is 39.2. The highest BCUT2D eigenvalue weighted by Gasteiger charge is 2.15. The molecule has 108 valence electrons. The van der Waals surface area contributed by atoms with Gasteiger partial charge in [0.2, 0.25) is 0 Å². The lowest BCUT2D eigenvalue weighted by Crippen LogP contribution is -2.35. The Bertz CT molecular complexity index is 769. The van der Waals surface area contributed by atoms with Crippen LogP contribution in [0.3, 0.4) is 0 Å². The van der Waals surface area contributed by atoms with Gasteiger partial charge in [0.1, 0.15) is 4.83 Å². The first-order valence-electron chi connectivity index (χ1n) is 6.42. The number of aliphatic carboxylic acids is 1. The van der Waals surface area contributed by atoms with E-state index >= 15 is 0 Å². The lowest BCUT2D eigenvalue weighted by atomic mass is 10.1.